The van der Waals surface area contributed by atoms with E-state index >= 15 is 0 Å². The van der Waals surface area contributed by atoms with Crippen molar-refractivity contribution in [2.45, 2.75) is 71.4 Å². The molecule has 0 saturated heterocycles. The van der Waals surface area contributed by atoms with Crippen molar-refractivity contribution in [3.05, 3.63) is 0 Å². The molecule has 0 aromatic heterocycles. The van der Waals surface area contributed by atoms with Gasteiger partial charge in [0.25, 0.3) is 0 Å². The van der Waals surface area contributed by atoms with Crippen molar-refractivity contribution in [2.24, 2.45) is 5.41 Å². The molecule has 0 aromatic rings. The van der Waals surface area contributed by atoms with Crippen LogP contribution in [0.3, 0.4) is 0 Å². The first kappa shape index (κ1) is 17.2. The van der Waals surface area contributed by atoms with E-state index in [0.717, 1.165) is 32.1 Å². The molecule has 0 bridgehead atoms. The average molecular weight is 384 g/mol. The molecule has 1 aliphatic rings. The van der Waals surface area contributed by atoms with Gasteiger partial charge in [0, 0.05) is 0 Å². The van der Waals surface area contributed by atoms with Crippen LogP contribution in [0.2, 0.25) is 0 Å². The monoisotopic (exact) mass is 384 g/mol. The van der Waals surface area contributed by atoms with Gasteiger partial charge in [-0.1, -0.05) is 0 Å². The van der Waals surface area contributed by atoms with Crippen molar-refractivity contribution in [1.29, 1.82) is 0 Å². The second kappa shape index (κ2) is 7.22. The van der Waals surface area contributed by atoms with Crippen LogP contribution in [0.5, 0.6) is 0 Å². The number of hydrogen-bond acceptors (Lipinski definition) is 4. The first-order chi connectivity index (χ1) is 8.83. The Labute approximate surface area is 127 Å². The van der Waals surface area contributed by atoms with E-state index in [2.05, 4.69) is 33.2 Å². The summed E-state index contributed by atoms with van der Waals surface area (Å²) in [6.45, 7) is 8.32. The third-order valence-corrected chi connectivity index (χ3v) is 4.52. The number of alkyl halides is 1. The van der Waals surface area contributed by atoms with E-state index in [1.54, 1.807) is 0 Å². The van der Waals surface area contributed by atoms with Crippen LogP contribution in [0.25, 0.3) is 0 Å². The van der Waals surface area contributed by atoms with E-state index < -0.39 is 21.6 Å². The molecule has 1 N–H and O–H groups in total. The molecule has 0 aromatic carbocycles. The second-order valence-electron chi connectivity index (χ2n) is 6.32. The number of nitrogens with one attached hydrogen (secondary N) is 1. The van der Waals surface area contributed by atoms with Crippen LogP contribution < -0.4 is 27.1 Å². The van der Waals surface area contributed by atoms with Crippen LogP contribution in [0, 0.1) is 5.41 Å². The summed E-state index contributed by atoms with van der Waals surface area (Å²) in [5.41, 5.74) is 2.79. The molecule has 0 heterocycles. The zero-order valence-corrected chi connectivity index (χ0v) is 14.9. The maximum absolute atomic E-state index is 12.1. The van der Waals surface area contributed by atoms with Gasteiger partial charge >= 0.3 is 128 Å². The van der Waals surface area contributed by atoms with E-state index in [4.69, 9.17) is 7.90 Å². The summed E-state index contributed by atoms with van der Waals surface area (Å²) in [4.78, 5) is 19.8. The van der Waals surface area contributed by atoms with E-state index in [9.17, 15) is 4.79 Å². The Hall–Kier alpha value is 0.120. The van der Waals surface area contributed by atoms with Gasteiger partial charge in [-0.25, -0.2) is 0 Å². The molecule has 1 fully saturated rings. The molecule has 0 radical (unpaired) electrons. The minimum atomic E-state index is -0.426. The van der Waals surface area contributed by atoms with Crippen molar-refractivity contribution >= 4 is 5.97 Å². The normalized spacial score (nSPS) is 28.4. The van der Waals surface area contributed by atoms with Crippen molar-refractivity contribution in [3.8, 4) is 0 Å². The minimum absolute atomic E-state index is 0.0209. The molecule has 0 aliphatic heterocycles. The number of carbonyl (C=O) groups is 1. The van der Waals surface area contributed by atoms with Gasteiger partial charge in [-0.05, 0) is 0 Å². The second-order valence-corrected chi connectivity index (χ2v) is 7.64. The summed E-state index contributed by atoms with van der Waals surface area (Å²) in [6, 6.07) is 0. The number of hydroxylamine groups is 1. The van der Waals surface area contributed by atoms with Crippen LogP contribution in [0.1, 0.15) is 59.8 Å². The zero-order valence-electron chi connectivity index (χ0n) is 12.7. The zero-order chi connectivity index (χ0) is 14.5. The number of halogens is 1. The average Bonchev–Trinajstić information content (AvgIpc) is 2.36. The van der Waals surface area contributed by atoms with Crippen molar-refractivity contribution in [1.82, 2.24) is 5.48 Å². The summed E-state index contributed by atoms with van der Waals surface area (Å²) in [6.07, 6.45) is 4.69. The molecule has 5 heteroatoms. The Morgan fingerprint density at radius 1 is 1.37 bits per heavy atom. The molecule has 1 rings (SSSR count). The Morgan fingerprint density at radius 2 is 1.95 bits per heavy atom. The molecular formula is C14H27INO3-. The topological polar surface area (TPSA) is 47.6 Å². The van der Waals surface area contributed by atoms with Gasteiger partial charge in [0.2, 0.25) is 0 Å². The predicted molar refractivity (Wildman–Crippen MR) is 71.0 cm³/mol. The van der Waals surface area contributed by atoms with Gasteiger partial charge in [-0.3, -0.25) is 0 Å². The Kier molecular flexibility index (Phi) is 6.53. The first-order valence-corrected chi connectivity index (χ1v) is 10.0. The fourth-order valence-electron chi connectivity index (χ4n) is 2.38. The molecular weight excluding hydrogens is 357 g/mol. The van der Waals surface area contributed by atoms with E-state index in [1.807, 2.05) is 4.93 Å². The standard InChI is InChI=1S/C14H27INO3/c1-6-14(12(17)18-15-5)9-7-11(8-10-14)19-16-13(2,3)4/h11,16H,6-10H2,1-5H3/q-1. The van der Waals surface area contributed by atoms with Crippen molar-refractivity contribution in [3.63, 3.8) is 0 Å². The van der Waals surface area contributed by atoms with Crippen LogP contribution in [0.15, 0.2) is 0 Å². The van der Waals surface area contributed by atoms with Crippen LogP contribution in [-0.2, 0) is 12.7 Å². The summed E-state index contributed by atoms with van der Waals surface area (Å²) in [7, 11) is 0. The summed E-state index contributed by atoms with van der Waals surface area (Å²) < 4.78 is 5.34. The predicted octanol–water partition coefficient (Wildman–Crippen LogP) is -0.178. The van der Waals surface area contributed by atoms with E-state index in [0.29, 0.717) is 0 Å². The summed E-state index contributed by atoms with van der Waals surface area (Å²) in [5, 5.41) is 0. The molecule has 1 aliphatic carbocycles. The summed E-state index contributed by atoms with van der Waals surface area (Å²) >= 11 is -0.426. The van der Waals surface area contributed by atoms with Crippen molar-refractivity contribution < 1.29 is 34.3 Å². The Bertz CT molecular complexity index is 294. The Balaban J connectivity index is 2.48. The van der Waals surface area contributed by atoms with E-state index in [-0.39, 0.29) is 23.0 Å². The molecule has 0 unspecified atom stereocenters. The number of carbonyl (C=O) groups excluding carboxylic acids is 1. The molecule has 1 saturated carbocycles. The third kappa shape index (κ3) is 5.19. The van der Waals surface area contributed by atoms with Crippen molar-refractivity contribution in [2.75, 3.05) is 4.93 Å². The number of hydrogen-bond donors (Lipinski definition) is 1. The van der Waals surface area contributed by atoms with E-state index in [1.165, 1.54) is 0 Å². The Morgan fingerprint density at radius 3 is 2.37 bits per heavy atom. The SMILES string of the molecule is CCC1(C(=O)O[I-]C)CCC(ONC(C)(C)C)CC1. The number of rotatable bonds is 5. The fourth-order valence-corrected chi connectivity index (χ4v) is 3.24. The van der Waals surface area contributed by atoms with Crippen LogP contribution in [-0.4, -0.2) is 22.5 Å². The molecule has 0 amide bonds. The summed E-state index contributed by atoms with van der Waals surface area (Å²) in [5.74, 6) is 0.0209. The van der Waals surface area contributed by atoms with Gasteiger partial charge < -0.3 is 0 Å². The fraction of sp³-hybridized carbons (Fsp3) is 0.929. The van der Waals surface area contributed by atoms with Crippen LogP contribution >= 0.6 is 0 Å². The van der Waals surface area contributed by atoms with Gasteiger partial charge in [0.05, 0.1) is 0 Å². The first-order valence-electron chi connectivity index (χ1n) is 6.96. The molecule has 114 valence electrons. The quantitative estimate of drug-likeness (QED) is 0.406. The van der Waals surface area contributed by atoms with Gasteiger partial charge in [0.15, 0.2) is 0 Å². The molecule has 4 nitrogen and oxygen atoms in total. The van der Waals surface area contributed by atoms with Gasteiger partial charge in [-0.2, -0.15) is 0 Å². The van der Waals surface area contributed by atoms with Gasteiger partial charge in [-0.15, -0.1) is 0 Å². The molecule has 0 spiro atoms. The van der Waals surface area contributed by atoms with Gasteiger partial charge in [0.1, 0.15) is 0 Å². The third-order valence-electron chi connectivity index (χ3n) is 3.68. The molecule has 0 atom stereocenters. The van der Waals surface area contributed by atoms with Crippen LogP contribution in [0.4, 0.5) is 0 Å². The maximum atomic E-state index is 12.1. The molecule has 19 heavy (non-hydrogen) atoms.